The predicted molar refractivity (Wildman–Crippen MR) is 66.6 cm³/mol. The number of rotatable bonds is 5. The molecule has 2 saturated carbocycles. The third kappa shape index (κ3) is 2.33. The van der Waals surface area contributed by atoms with E-state index < -0.39 is 0 Å². The summed E-state index contributed by atoms with van der Waals surface area (Å²) in [5, 5.41) is 3.07. The van der Waals surface area contributed by atoms with E-state index in [0.29, 0.717) is 13.1 Å². The number of hydrogen-bond acceptors (Lipinski definition) is 3. The van der Waals surface area contributed by atoms with E-state index in [1.54, 1.807) is 7.11 Å². The first kappa shape index (κ1) is 12.8. The second-order valence-corrected chi connectivity index (χ2v) is 5.61. The van der Waals surface area contributed by atoms with Crippen LogP contribution in [-0.2, 0) is 9.53 Å². The topological polar surface area (TPSA) is 64.3 Å². The van der Waals surface area contributed by atoms with Gasteiger partial charge in [-0.25, -0.2) is 0 Å². The van der Waals surface area contributed by atoms with Crippen LogP contribution in [0.1, 0.15) is 44.9 Å². The van der Waals surface area contributed by atoms with Crippen molar-refractivity contribution in [1.29, 1.82) is 0 Å². The molecule has 17 heavy (non-hydrogen) atoms. The Labute approximate surface area is 103 Å². The smallest absolute Gasteiger partial charge is 0.227 e. The van der Waals surface area contributed by atoms with Crippen LogP contribution in [-0.4, -0.2) is 31.7 Å². The molecule has 0 spiro atoms. The van der Waals surface area contributed by atoms with Crippen molar-refractivity contribution in [2.24, 2.45) is 11.1 Å². The molecular weight excluding hydrogens is 216 g/mol. The minimum Gasteiger partial charge on any atom is -0.376 e. The molecule has 0 aromatic rings. The van der Waals surface area contributed by atoms with Crippen molar-refractivity contribution >= 4 is 5.91 Å². The molecule has 2 rings (SSSR count). The zero-order valence-corrected chi connectivity index (χ0v) is 10.8. The van der Waals surface area contributed by atoms with E-state index in [0.717, 1.165) is 38.5 Å². The van der Waals surface area contributed by atoms with Gasteiger partial charge in [-0.15, -0.1) is 0 Å². The average Bonchev–Trinajstić information content (AvgIpc) is 2.77. The van der Waals surface area contributed by atoms with Gasteiger partial charge in [-0.05, 0) is 32.1 Å². The first-order valence-corrected chi connectivity index (χ1v) is 6.70. The van der Waals surface area contributed by atoms with Crippen LogP contribution in [0, 0.1) is 5.41 Å². The van der Waals surface area contributed by atoms with Crippen molar-refractivity contribution in [1.82, 2.24) is 5.32 Å². The molecule has 0 unspecified atom stereocenters. The molecule has 0 radical (unpaired) electrons. The fourth-order valence-electron chi connectivity index (χ4n) is 3.03. The van der Waals surface area contributed by atoms with Gasteiger partial charge in [-0.1, -0.05) is 12.8 Å². The van der Waals surface area contributed by atoms with Gasteiger partial charge in [0.25, 0.3) is 0 Å². The van der Waals surface area contributed by atoms with Crippen LogP contribution < -0.4 is 11.1 Å². The Morgan fingerprint density at radius 3 is 2.29 bits per heavy atom. The fraction of sp³-hybridized carbons (Fsp3) is 0.923. The first-order valence-electron chi connectivity index (χ1n) is 6.70. The van der Waals surface area contributed by atoms with Crippen LogP contribution in [0.4, 0.5) is 0 Å². The summed E-state index contributed by atoms with van der Waals surface area (Å²) in [5.74, 6) is 0.140. The maximum atomic E-state index is 12.3. The highest BCUT2D eigenvalue weighted by atomic mass is 16.5. The Bertz CT molecular complexity index is 276. The van der Waals surface area contributed by atoms with Gasteiger partial charge in [-0.2, -0.15) is 0 Å². The molecule has 4 heteroatoms. The molecule has 0 saturated heterocycles. The lowest BCUT2D eigenvalue weighted by molar-refractivity contribution is -0.133. The number of carbonyl (C=O) groups excluding carboxylic acids is 1. The number of carbonyl (C=O) groups is 1. The summed E-state index contributed by atoms with van der Waals surface area (Å²) in [6.45, 7) is 1.11. The molecule has 0 aliphatic heterocycles. The Morgan fingerprint density at radius 2 is 1.88 bits per heavy atom. The maximum Gasteiger partial charge on any atom is 0.227 e. The summed E-state index contributed by atoms with van der Waals surface area (Å²) in [7, 11) is 1.74. The van der Waals surface area contributed by atoms with E-state index in [9.17, 15) is 4.79 Å². The van der Waals surface area contributed by atoms with Crippen LogP contribution in [0.5, 0.6) is 0 Å². The zero-order valence-electron chi connectivity index (χ0n) is 10.8. The molecule has 0 bridgehead atoms. The molecular formula is C13H24N2O2. The molecule has 3 N–H and O–H groups in total. The lowest BCUT2D eigenvalue weighted by Gasteiger charge is -2.41. The number of hydrogen-bond donors (Lipinski definition) is 2. The number of methoxy groups -OCH3 is 1. The van der Waals surface area contributed by atoms with Crippen molar-refractivity contribution in [3.05, 3.63) is 0 Å². The van der Waals surface area contributed by atoms with E-state index in [1.165, 1.54) is 6.42 Å². The van der Waals surface area contributed by atoms with Gasteiger partial charge in [0, 0.05) is 20.2 Å². The summed E-state index contributed by atoms with van der Waals surface area (Å²) in [5.41, 5.74) is 5.41. The normalized spacial score (nSPS) is 25.3. The summed E-state index contributed by atoms with van der Waals surface area (Å²) < 4.78 is 5.51. The van der Waals surface area contributed by atoms with Crippen LogP contribution in [0.25, 0.3) is 0 Å². The third-order valence-electron chi connectivity index (χ3n) is 4.70. The van der Waals surface area contributed by atoms with Crippen LogP contribution in [0.15, 0.2) is 0 Å². The maximum absolute atomic E-state index is 12.3. The first-order chi connectivity index (χ1) is 8.16. The highest BCUT2D eigenvalue weighted by Crippen LogP contribution is 2.38. The Balaban J connectivity index is 1.88. The predicted octanol–water partition coefficient (Wildman–Crippen LogP) is 1.19. The van der Waals surface area contributed by atoms with E-state index in [-0.39, 0.29) is 16.9 Å². The van der Waals surface area contributed by atoms with Gasteiger partial charge in [0.1, 0.15) is 0 Å². The van der Waals surface area contributed by atoms with E-state index in [2.05, 4.69) is 5.32 Å². The van der Waals surface area contributed by atoms with Gasteiger partial charge >= 0.3 is 0 Å². The Hall–Kier alpha value is -0.610. The molecule has 0 aromatic heterocycles. The highest BCUT2D eigenvalue weighted by molar-refractivity contribution is 5.83. The molecule has 2 fully saturated rings. The second-order valence-electron chi connectivity index (χ2n) is 5.61. The van der Waals surface area contributed by atoms with Crippen molar-refractivity contribution in [2.45, 2.75) is 50.5 Å². The van der Waals surface area contributed by atoms with E-state index in [4.69, 9.17) is 10.5 Å². The monoisotopic (exact) mass is 240 g/mol. The minimum absolute atomic E-state index is 0.0932. The largest absolute Gasteiger partial charge is 0.376 e. The molecule has 2 aliphatic rings. The number of amides is 1. The van der Waals surface area contributed by atoms with Crippen molar-refractivity contribution in [3.8, 4) is 0 Å². The number of nitrogens with two attached hydrogens (primary N) is 1. The van der Waals surface area contributed by atoms with Crippen molar-refractivity contribution in [2.75, 3.05) is 20.2 Å². The van der Waals surface area contributed by atoms with Crippen molar-refractivity contribution in [3.63, 3.8) is 0 Å². The fourth-order valence-corrected chi connectivity index (χ4v) is 3.03. The molecule has 98 valence electrons. The zero-order chi connectivity index (χ0) is 12.4. The summed E-state index contributed by atoms with van der Waals surface area (Å²) >= 11 is 0. The second kappa shape index (κ2) is 4.94. The van der Waals surface area contributed by atoms with E-state index in [1.807, 2.05) is 0 Å². The third-order valence-corrected chi connectivity index (χ3v) is 4.70. The molecule has 0 aromatic carbocycles. The van der Waals surface area contributed by atoms with Gasteiger partial charge in [0.2, 0.25) is 5.91 Å². The highest BCUT2D eigenvalue weighted by Gasteiger charge is 2.42. The van der Waals surface area contributed by atoms with Crippen LogP contribution in [0.3, 0.4) is 0 Å². The molecule has 2 aliphatic carbocycles. The van der Waals surface area contributed by atoms with Crippen LogP contribution in [0.2, 0.25) is 0 Å². The van der Waals surface area contributed by atoms with Gasteiger partial charge < -0.3 is 15.8 Å². The average molecular weight is 240 g/mol. The standard InChI is InChI=1S/C13H24N2O2/c1-17-13(7-4-8-13)10-15-11(16)12(9-14)5-2-3-6-12/h2-10,14H2,1H3,(H,15,16). The Morgan fingerprint density at radius 1 is 1.24 bits per heavy atom. The number of nitrogens with one attached hydrogen (secondary N) is 1. The number of ether oxygens (including phenoxy) is 1. The lowest BCUT2D eigenvalue weighted by atomic mass is 9.79. The SMILES string of the molecule is COC1(CNC(=O)C2(CN)CCCC2)CCC1. The molecule has 0 atom stereocenters. The summed E-state index contributed by atoms with van der Waals surface area (Å²) in [6, 6.07) is 0. The van der Waals surface area contributed by atoms with Crippen LogP contribution >= 0.6 is 0 Å². The molecule has 0 heterocycles. The van der Waals surface area contributed by atoms with Gasteiger partial charge in [0.15, 0.2) is 0 Å². The van der Waals surface area contributed by atoms with E-state index >= 15 is 0 Å². The van der Waals surface area contributed by atoms with Gasteiger partial charge in [0.05, 0.1) is 11.0 Å². The quantitative estimate of drug-likeness (QED) is 0.758. The van der Waals surface area contributed by atoms with Crippen molar-refractivity contribution < 1.29 is 9.53 Å². The van der Waals surface area contributed by atoms with Gasteiger partial charge in [-0.3, -0.25) is 4.79 Å². The minimum atomic E-state index is -0.293. The molecule has 4 nitrogen and oxygen atoms in total. The summed E-state index contributed by atoms with van der Waals surface area (Å²) in [6.07, 6.45) is 7.44. The summed E-state index contributed by atoms with van der Waals surface area (Å²) in [4.78, 5) is 12.3. The Kier molecular flexibility index (Phi) is 3.73. The molecule has 1 amide bonds. The lowest BCUT2D eigenvalue weighted by Crippen LogP contribution is -2.53.